The number of aliphatic hydroxyl groups is 1. The molecule has 1 N–H and O–H groups in total. The fraction of sp³-hybridized carbons (Fsp3) is 0.571. The molecular formula is C14H17ClO. The summed E-state index contributed by atoms with van der Waals surface area (Å²) in [6.07, 6.45) is 5.07. The average Bonchev–Trinajstić information content (AvgIpc) is 3.03. The smallest absolute Gasteiger partial charge is 0.0823 e. The van der Waals surface area contributed by atoms with Gasteiger partial charge in [-0.3, -0.25) is 0 Å². The summed E-state index contributed by atoms with van der Waals surface area (Å²) >= 11 is 5.85. The lowest BCUT2D eigenvalue weighted by atomic mass is 10.0. The molecule has 2 saturated carbocycles. The predicted molar refractivity (Wildman–Crippen MR) is 65.3 cm³/mol. The minimum atomic E-state index is -0.273. The lowest BCUT2D eigenvalue weighted by Crippen LogP contribution is -2.01. The van der Waals surface area contributed by atoms with Crippen LogP contribution in [0.15, 0.2) is 24.3 Å². The minimum Gasteiger partial charge on any atom is -0.388 e. The minimum absolute atomic E-state index is 0.273. The first-order chi connectivity index (χ1) is 7.77. The van der Waals surface area contributed by atoms with Crippen LogP contribution in [-0.4, -0.2) is 5.11 Å². The molecule has 2 heteroatoms. The van der Waals surface area contributed by atoms with E-state index in [0.29, 0.717) is 5.92 Å². The molecule has 2 aliphatic rings. The van der Waals surface area contributed by atoms with Gasteiger partial charge in [0.2, 0.25) is 0 Å². The highest BCUT2D eigenvalue weighted by Gasteiger charge is 2.54. The second-order valence-electron chi connectivity index (χ2n) is 5.19. The summed E-state index contributed by atoms with van der Waals surface area (Å²) in [5.74, 6) is 2.10. The van der Waals surface area contributed by atoms with Crippen LogP contribution in [-0.2, 0) is 0 Å². The van der Waals surface area contributed by atoms with Gasteiger partial charge in [0.1, 0.15) is 0 Å². The molecule has 0 amide bonds. The molecule has 0 bridgehead atoms. The van der Waals surface area contributed by atoms with Gasteiger partial charge in [0.15, 0.2) is 0 Å². The molecule has 1 nitrogen and oxygen atoms in total. The summed E-state index contributed by atoms with van der Waals surface area (Å²) in [5.41, 5.74) is 1.03. The Morgan fingerprint density at radius 1 is 1.06 bits per heavy atom. The van der Waals surface area contributed by atoms with E-state index in [9.17, 15) is 5.11 Å². The summed E-state index contributed by atoms with van der Waals surface area (Å²) in [4.78, 5) is 0. The van der Waals surface area contributed by atoms with Crippen LogP contribution in [0.3, 0.4) is 0 Å². The summed E-state index contributed by atoms with van der Waals surface area (Å²) in [5, 5.41) is 11.1. The van der Waals surface area contributed by atoms with E-state index < -0.39 is 0 Å². The van der Waals surface area contributed by atoms with Crippen molar-refractivity contribution < 1.29 is 5.11 Å². The first-order valence-electron chi connectivity index (χ1n) is 6.21. The van der Waals surface area contributed by atoms with E-state index in [1.54, 1.807) is 0 Å². The maximum Gasteiger partial charge on any atom is 0.0823 e. The van der Waals surface area contributed by atoms with Gasteiger partial charge >= 0.3 is 0 Å². The predicted octanol–water partition coefficient (Wildman–Crippen LogP) is 3.81. The van der Waals surface area contributed by atoms with Crippen LogP contribution >= 0.6 is 11.6 Å². The molecular weight excluding hydrogens is 220 g/mol. The summed E-state index contributed by atoms with van der Waals surface area (Å²) in [6.45, 7) is 0. The van der Waals surface area contributed by atoms with Gasteiger partial charge in [-0.1, -0.05) is 36.6 Å². The van der Waals surface area contributed by atoms with Gasteiger partial charge in [0, 0.05) is 5.02 Å². The van der Waals surface area contributed by atoms with Crippen LogP contribution in [0.1, 0.15) is 37.4 Å². The first kappa shape index (κ1) is 10.6. The molecule has 0 saturated heterocycles. The van der Waals surface area contributed by atoms with E-state index in [2.05, 4.69) is 0 Å². The molecule has 0 aliphatic heterocycles. The van der Waals surface area contributed by atoms with Crippen molar-refractivity contribution in [3.05, 3.63) is 34.9 Å². The maximum absolute atomic E-state index is 10.3. The second kappa shape index (κ2) is 4.05. The van der Waals surface area contributed by atoms with Crippen LogP contribution in [0.5, 0.6) is 0 Å². The zero-order chi connectivity index (χ0) is 11.1. The number of halogens is 1. The lowest BCUT2D eigenvalue weighted by molar-refractivity contribution is 0.142. The summed E-state index contributed by atoms with van der Waals surface area (Å²) in [6, 6.07) is 7.65. The van der Waals surface area contributed by atoms with Crippen molar-refractivity contribution >= 4 is 11.6 Å². The number of benzene rings is 1. The molecule has 3 rings (SSSR count). The fourth-order valence-corrected chi connectivity index (χ4v) is 3.52. The van der Waals surface area contributed by atoms with E-state index in [-0.39, 0.29) is 6.10 Å². The number of hydrogen-bond acceptors (Lipinski definition) is 1. The Morgan fingerprint density at radius 3 is 2.19 bits per heavy atom. The van der Waals surface area contributed by atoms with Gasteiger partial charge in [-0.15, -0.1) is 0 Å². The molecule has 0 spiro atoms. The molecule has 1 aromatic rings. The average molecular weight is 237 g/mol. The highest BCUT2D eigenvalue weighted by Crippen LogP contribution is 2.60. The Hall–Kier alpha value is -0.530. The molecule has 0 aromatic heterocycles. The Kier molecular flexibility index (Phi) is 2.68. The molecule has 86 valence electrons. The van der Waals surface area contributed by atoms with Crippen LogP contribution in [0.25, 0.3) is 0 Å². The second-order valence-corrected chi connectivity index (χ2v) is 5.62. The summed E-state index contributed by atoms with van der Waals surface area (Å²) in [7, 11) is 0. The van der Waals surface area contributed by atoms with E-state index in [1.165, 1.54) is 25.7 Å². The first-order valence-corrected chi connectivity index (χ1v) is 6.59. The number of hydrogen-bond donors (Lipinski definition) is 1. The monoisotopic (exact) mass is 236 g/mol. The summed E-state index contributed by atoms with van der Waals surface area (Å²) < 4.78 is 0. The van der Waals surface area contributed by atoms with Crippen molar-refractivity contribution in [2.45, 2.75) is 31.8 Å². The van der Waals surface area contributed by atoms with Crippen LogP contribution in [0.2, 0.25) is 5.02 Å². The van der Waals surface area contributed by atoms with Gasteiger partial charge in [-0.2, -0.15) is 0 Å². The van der Waals surface area contributed by atoms with Crippen molar-refractivity contribution in [2.24, 2.45) is 17.8 Å². The molecule has 3 unspecified atom stereocenters. The zero-order valence-electron chi connectivity index (χ0n) is 9.27. The Labute approximate surface area is 101 Å². The number of aliphatic hydroxyl groups excluding tert-OH is 1. The normalized spacial score (nSPS) is 34.2. The van der Waals surface area contributed by atoms with Gasteiger partial charge in [-0.05, 0) is 48.3 Å². The highest BCUT2D eigenvalue weighted by molar-refractivity contribution is 6.30. The molecule has 3 atom stereocenters. The van der Waals surface area contributed by atoms with Crippen LogP contribution < -0.4 is 0 Å². The Balaban J connectivity index is 1.74. The number of rotatable bonds is 2. The third-order valence-electron chi connectivity index (χ3n) is 4.30. The quantitative estimate of drug-likeness (QED) is 0.828. The molecule has 16 heavy (non-hydrogen) atoms. The number of fused-ring (bicyclic) bond motifs is 1. The van der Waals surface area contributed by atoms with E-state index in [0.717, 1.165) is 22.4 Å². The van der Waals surface area contributed by atoms with Gasteiger partial charge < -0.3 is 5.11 Å². The fourth-order valence-electron chi connectivity index (χ4n) is 3.40. The van der Waals surface area contributed by atoms with Crippen molar-refractivity contribution in [1.82, 2.24) is 0 Å². The highest BCUT2D eigenvalue weighted by atomic mass is 35.5. The van der Waals surface area contributed by atoms with E-state index >= 15 is 0 Å². The van der Waals surface area contributed by atoms with Crippen LogP contribution in [0.4, 0.5) is 0 Å². The molecule has 0 radical (unpaired) electrons. The van der Waals surface area contributed by atoms with Crippen molar-refractivity contribution in [3.63, 3.8) is 0 Å². The molecule has 2 fully saturated rings. The van der Waals surface area contributed by atoms with E-state index in [1.807, 2.05) is 24.3 Å². The third-order valence-corrected chi connectivity index (χ3v) is 4.55. The third kappa shape index (κ3) is 1.76. The maximum atomic E-state index is 10.3. The van der Waals surface area contributed by atoms with Gasteiger partial charge in [0.25, 0.3) is 0 Å². The Bertz CT molecular complexity index is 361. The van der Waals surface area contributed by atoms with Gasteiger partial charge in [0.05, 0.1) is 6.10 Å². The topological polar surface area (TPSA) is 20.2 Å². The van der Waals surface area contributed by atoms with Gasteiger partial charge in [-0.25, -0.2) is 0 Å². The van der Waals surface area contributed by atoms with Crippen molar-refractivity contribution in [1.29, 1.82) is 0 Å². The van der Waals surface area contributed by atoms with Crippen LogP contribution in [0, 0.1) is 17.8 Å². The largest absolute Gasteiger partial charge is 0.388 e. The van der Waals surface area contributed by atoms with Crippen molar-refractivity contribution in [2.75, 3.05) is 0 Å². The van der Waals surface area contributed by atoms with Crippen molar-refractivity contribution in [3.8, 4) is 0 Å². The zero-order valence-corrected chi connectivity index (χ0v) is 10.0. The molecule has 1 aromatic carbocycles. The van der Waals surface area contributed by atoms with E-state index in [4.69, 9.17) is 11.6 Å². The standard InChI is InChI=1S/C14H17ClO/c15-10-7-5-9(6-8-10)14(16)13-11-3-1-2-4-12(11)13/h5-8,11-14,16H,1-4H2. The lowest BCUT2D eigenvalue weighted by Gasteiger charge is -2.10. The SMILES string of the molecule is OC(c1ccc(Cl)cc1)C1C2CCCCC21. The molecule has 2 aliphatic carbocycles. The Morgan fingerprint density at radius 2 is 1.62 bits per heavy atom. The molecule has 0 heterocycles.